The van der Waals surface area contributed by atoms with Gasteiger partial charge in [-0.25, -0.2) is 0 Å². The minimum atomic E-state index is -0.844. The monoisotopic (exact) mass is 1080 g/mol. The van der Waals surface area contributed by atoms with E-state index in [0.717, 1.165) is 44.9 Å². The summed E-state index contributed by atoms with van der Waals surface area (Å²) < 4.78 is 5.49. The summed E-state index contributed by atoms with van der Waals surface area (Å²) in [5, 5.41) is 23.2. The molecule has 2 unspecified atom stereocenters. The highest BCUT2D eigenvalue weighted by Gasteiger charge is 2.18. The van der Waals surface area contributed by atoms with E-state index in [1.54, 1.807) is 6.08 Å². The number of hydrogen-bond acceptors (Lipinski definition) is 5. The molecular formula is C71H135NO5. The van der Waals surface area contributed by atoms with Gasteiger partial charge in [-0.1, -0.05) is 339 Å². The van der Waals surface area contributed by atoms with Crippen molar-refractivity contribution in [3.8, 4) is 0 Å². The van der Waals surface area contributed by atoms with Crippen LogP contribution in [-0.4, -0.2) is 47.4 Å². The van der Waals surface area contributed by atoms with Crippen molar-refractivity contribution >= 4 is 11.9 Å². The Kier molecular flexibility index (Phi) is 64.9. The van der Waals surface area contributed by atoms with Crippen LogP contribution < -0.4 is 5.32 Å². The van der Waals surface area contributed by atoms with E-state index in [1.165, 1.54) is 308 Å². The molecule has 0 aliphatic heterocycles. The fourth-order valence-corrected chi connectivity index (χ4v) is 10.8. The number of rotatable bonds is 65. The average molecular weight is 1080 g/mol. The fraction of sp³-hybridized carbons (Fsp3) is 0.887. The molecule has 0 aliphatic rings. The van der Waals surface area contributed by atoms with Crippen molar-refractivity contribution in [3.05, 3.63) is 36.5 Å². The van der Waals surface area contributed by atoms with Crippen molar-refractivity contribution in [1.29, 1.82) is 0 Å². The minimum absolute atomic E-state index is 0.0155. The van der Waals surface area contributed by atoms with Crippen molar-refractivity contribution in [2.75, 3.05) is 13.2 Å². The van der Waals surface area contributed by atoms with Crippen molar-refractivity contribution in [2.45, 2.75) is 392 Å². The van der Waals surface area contributed by atoms with Gasteiger partial charge in [-0.15, -0.1) is 0 Å². The summed E-state index contributed by atoms with van der Waals surface area (Å²) in [6, 6.07) is -0.627. The summed E-state index contributed by atoms with van der Waals surface area (Å²) in [6.45, 7) is 4.93. The molecule has 3 N–H and O–H groups in total. The Morgan fingerprint density at radius 1 is 0.364 bits per heavy atom. The van der Waals surface area contributed by atoms with Gasteiger partial charge in [0.15, 0.2) is 0 Å². The van der Waals surface area contributed by atoms with Gasteiger partial charge in [0.1, 0.15) is 0 Å². The van der Waals surface area contributed by atoms with Gasteiger partial charge in [0.2, 0.25) is 5.91 Å². The Balaban J connectivity index is 3.40. The van der Waals surface area contributed by atoms with Crippen molar-refractivity contribution in [2.24, 2.45) is 0 Å². The minimum Gasteiger partial charge on any atom is -0.466 e. The highest BCUT2D eigenvalue weighted by molar-refractivity contribution is 5.76. The van der Waals surface area contributed by atoms with Crippen LogP contribution in [0.5, 0.6) is 0 Å². The van der Waals surface area contributed by atoms with Crippen molar-refractivity contribution in [1.82, 2.24) is 5.32 Å². The van der Waals surface area contributed by atoms with Crippen LogP contribution in [0.15, 0.2) is 36.5 Å². The normalized spacial score (nSPS) is 12.7. The Bertz CT molecular complexity index is 1250. The van der Waals surface area contributed by atoms with E-state index in [0.29, 0.717) is 19.4 Å². The summed E-state index contributed by atoms with van der Waals surface area (Å²) in [7, 11) is 0. The molecule has 0 saturated heterocycles. The standard InChI is InChI=1S/C71H135NO5/c1-3-5-7-9-11-13-15-17-36-39-43-47-51-55-59-63-69(74)68(67-73)72-70(75)64-60-56-52-48-44-40-37-34-32-30-28-26-24-22-20-19-21-23-25-27-29-31-33-35-38-42-46-50-54-58-62-66-77-71(76)65-61-57-53-49-45-41-18-16-14-12-10-8-6-4-2/h21,23,27,29,59,63,68-69,73-74H,3-20,22,24-26,28,30-58,60-62,64-67H2,1-2H3,(H,72,75)/b23-21-,29-27-,63-59+. The lowest BCUT2D eigenvalue weighted by Gasteiger charge is -2.20. The highest BCUT2D eigenvalue weighted by Crippen LogP contribution is 2.18. The van der Waals surface area contributed by atoms with Crippen LogP contribution in [0.1, 0.15) is 380 Å². The lowest BCUT2D eigenvalue weighted by molar-refractivity contribution is -0.143. The Morgan fingerprint density at radius 3 is 0.987 bits per heavy atom. The first-order chi connectivity index (χ1) is 38.0. The second-order valence-electron chi connectivity index (χ2n) is 23.9. The summed E-state index contributed by atoms with van der Waals surface area (Å²) in [6.07, 6.45) is 85.1. The molecule has 0 aliphatic carbocycles. The Labute approximate surface area is 481 Å². The molecule has 0 fully saturated rings. The van der Waals surface area contributed by atoms with Crippen molar-refractivity contribution in [3.63, 3.8) is 0 Å². The molecular weight excluding hydrogens is 947 g/mol. The maximum absolute atomic E-state index is 12.5. The number of unbranched alkanes of at least 4 members (excludes halogenated alkanes) is 50. The quantitative estimate of drug-likeness (QED) is 0.0320. The summed E-state index contributed by atoms with van der Waals surface area (Å²) in [4.78, 5) is 24.5. The molecule has 2 atom stereocenters. The number of carbonyl (C=O) groups is 2. The maximum Gasteiger partial charge on any atom is 0.305 e. The van der Waals surface area contributed by atoms with Crippen LogP contribution >= 0.6 is 0 Å². The Morgan fingerprint density at radius 2 is 0.649 bits per heavy atom. The highest BCUT2D eigenvalue weighted by atomic mass is 16.5. The first-order valence-electron chi connectivity index (χ1n) is 34.8. The number of aliphatic hydroxyl groups is 2. The molecule has 0 heterocycles. The van der Waals surface area contributed by atoms with Crippen LogP contribution in [0.4, 0.5) is 0 Å². The summed E-state index contributed by atoms with van der Waals surface area (Å²) >= 11 is 0. The van der Waals surface area contributed by atoms with E-state index in [4.69, 9.17) is 4.74 Å². The predicted molar refractivity (Wildman–Crippen MR) is 338 cm³/mol. The van der Waals surface area contributed by atoms with Gasteiger partial charge in [0.25, 0.3) is 0 Å². The zero-order valence-electron chi connectivity index (χ0n) is 52.0. The number of carbonyl (C=O) groups excluding carboxylic acids is 2. The number of nitrogens with one attached hydrogen (secondary N) is 1. The van der Waals surface area contributed by atoms with E-state index in [9.17, 15) is 19.8 Å². The molecule has 454 valence electrons. The van der Waals surface area contributed by atoms with E-state index >= 15 is 0 Å². The van der Waals surface area contributed by atoms with Crippen LogP contribution in [0.2, 0.25) is 0 Å². The van der Waals surface area contributed by atoms with Crippen LogP contribution in [0.3, 0.4) is 0 Å². The smallest absolute Gasteiger partial charge is 0.305 e. The third kappa shape index (κ3) is 63.1. The van der Waals surface area contributed by atoms with Gasteiger partial charge in [0.05, 0.1) is 25.4 Å². The summed E-state index contributed by atoms with van der Waals surface area (Å²) in [5.41, 5.74) is 0. The summed E-state index contributed by atoms with van der Waals surface area (Å²) in [5.74, 6) is -0.0499. The molecule has 0 aromatic heterocycles. The van der Waals surface area contributed by atoms with E-state index in [-0.39, 0.29) is 18.5 Å². The fourth-order valence-electron chi connectivity index (χ4n) is 10.8. The molecule has 0 aromatic rings. The molecule has 6 nitrogen and oxygen atoms in total. The van der Waals surface area contributed by atoms with E-state index in [1.807, 2.05) is 6.08 Å². The Hall–Kier alpha value is -1.92. The SMILES string of the molecule is CCCCCCCCCCCCCCC/C=C/C(O)C(CO)NC(=O)CCCCCCCCCCCCCCCCC/C=C\C/C=C\CCCCCCCCCCCOC(=O)CCCCCCCCCCCCCCCC. The lowest BCUT2D eigenvalue weighted by Crippen LogP contribution is -2.45. The topological polar surface area (TPSA) is 95.9 Å². The van der Waals surface area contributed by atoms with Crippen LogP contribution in [0, 0.1) is 0 Å². The average Bonchev–Trinajstić information content (AvgIpc) is 3.43. The number of hydrogen-bond donors (Lipinski definition) is 3. The van der Waals surface area contributed by atoms with Gasteiger partial charge in [0, 0.05) is 12.8 Å². The van der Waals surface area contributed by atoms with Gasteiger partial charge in [-0.05, 0) is 64.2 Å². The predicted octanol–water partition coefficient (Wildman–Crippen LogP) is 22.3. The first-order valence-corrected chi connectivity index (χ1v) is 34.8. The number of ether oxygens (including phenoxy) is 1. The molecule has 0 aromatic carbocycles. The number of amides is 1. The molecule has 77 heavy (non-hydrogen) atoms. The molecule has 0 rings (SSSR count). The van der Waals surface area contributed by atoms with Gasteiger partial charge in [-0.3, -0.25) is 9.59 Å². The molecule has 0 saturated carbocycles. The van der Waals surface area contributed by atoms with Crippen molar-refractivity contribution < 1.29 is 24.5 Å². The van der Waals surface area contributed by atoms with E-state index < -0.39 is 12.1 Å². The number of allylic oxidation sites excluding steroid dienone is 5. The zero-order valence-corrected chi connectivity index (χ0v) is 52.0. The van der Waals surface area contributed by atoms with Gasteiger partial charge in [-0.2, -0.15) is 0 Å². The molecule has 0 spiro atoms. The van der Waals surface area contributed by atoms with Crippen LogP contribution in [-0.2, 0) is 14.3 Å². The third-order valence-electron chi connectivity index (χ3n) is 16.2. The van der Waals surface area contributed by atoms with E-state index in [2.05, 4.69) is 43.5 Å². The van der Waals surface area contributed by atoms with Crippen LogP contribution in [0.25, 0.3) is 0 Å². The number of aliphatic hydroxyl groups excluding tert-OH is 2. The molecule has 1 amide bonds. The largest absolute Gasteiger partial charge is 0.466 e. The lowest BCUT2D eigenvalue weighted by atomic mass is 10.0. The number of esters is 1. The second kappa shape index (κ2) is 66.6. The van der Waals surface area contributed by atoms with Gasteiger partial charge >= 0.3 is 5.97 Å². The molecule has 0 radical (unpaired) electrons. The molecule has 0 bridgehead atoms. The first kappa shape index (κ1) is 75.1. The van der Waals surface area contributed by atoms with Gasteiger partial charge < -0.3 is 20.3 Å². The second-order valence-corrected chi connectivity index (χ2v) is 23.9. The molecule has 6 heteroatoms. The maximum atomic E-state index is 12.5. The zero-order chi connectivity index (χ0) is 55.7. The third-order valence-corrected chi connectivity index (χ3v) is 16.2.